The molecule has 3 amide bonds. The third-order valence-electron chi connectivity index (χ3n) is 5.14. The van der Waals surface area contributed by atoms with E-state index in [0.29, 0.717) is 5.56 Å². The number of alkyl carbamates (subject to hydrolysis) is 2. The Morgan fingerprint density at radius 3 is 2.11 bits per heavy atom. The number of ether oxygens (including phenoxy) is 2. The fourth-order valence-corrected chi connectivity index (χ4v) is 3.50. The van der Waals surface area contributed by atoms with Gasteiger partial charge in [-0.2, -0.15) is 0 Å². The molecule has 0 saturated heterocycles. The van der Waals surface area contributed by atoms with E-state index in [1.807, 2.05) is 72.8 Å². The van der Waals surface area contributed by atoms with E-state index in [2.05, 4.69) is 16.0 Å². The van der Waals surface area contributed by atoms with Gasteiger partial charge in [-0.25, -0.2) is 9.59 Å². The van der Waals surface area contributed by atoms with Gasteiger partial charge in [0.2, 0.25) is 0 Å². The molecule has 0 bridgehead atoms. The van der Waals surface area contributed by atoms with Crippen molar-refractivity contribution in [2.45, 2.75) is 52.6 Å². The van der Waals surface area contributed by atoms with Crippen molar-refractivity contribution in [3.8, 4) is 11.1 Å². The predicted molar refractivity (Wildman–Crippen MR) is 142 cm³/mol. The third kappa shape index (κ3) is 9.00. The van der Waals surface area contributed by atoms with Crippen molar-refractivity contribution >= 4 is 18.1 Å². The SMILES string of the molecule is CC(NC(=O)OCc1ccccc1)NC(=O)c1cc(CNC(=O)OC(C)(C)C)ccc1-c1ccccc1. The van der Waals surface area contributed by atoms with Crippen LogP contribution in [0, 0.1) is 0 Å². The standard InChI is InChI=1S/C29H33N3O5/c1-20(32-28(35)36-19-21-11-7-5-8-12-21)31-26(33)25-17-22(18-30-27(34)37-29(2,3)4)15-16-24(25)23-13-9-6-10-14-23/h5-17,20H,18-19H2,1-4H3,(H,30,34)(H,31,33)(H,32,35). The van der Waals surface area contributed by atoms with E-state index >= 15 is 0 Å². The van der Waals surface area contributed by atoms with E-state index in [0.717, 1.165) is 22.3 Å². The van der Waals surface area contributed by atoms with E-state index in [4.69, 9.17) is 9.47 Å². The highest BCUT2D eigenvalue weighted by molar-refractivity contribution is 6.01. The Labute approximate surface area is 217 Å². The van der Waals surface area contributed by atoms with Crippen LogP contribution in [0.1, 0.15) is 49.2 Å². The quantitative estimate of drug-likeness (QED) is 0.358. The minimum atomic E-state index is -0.692. The fraction of sp³-hybridized carbons (Fsp3) is 0.276. The molecule has 0 aliphatic rings. The molecular weight excluding hydrogens is 470 g/mol. The molecule has 1 unspecified atom stereocenters. The minimum absolute atomic E-state index is 0.123. The lowest BCUT2D eigenvalue weighted by Gasteiger charge is -2.20. The average Bonchev–Trinajstić information content (AvgIpc) is 2.86. The van der Waals surface area contributed by atoms with Crippen LogP contribution in [0.4, 0.5) is 9.59 Å². The molecule has 0 aliphatic heterocycles. The van der Waals surface area contributed by atoms with E-state index in [1.54, 1.807) is 33.8 Å². The van der Waals surface area contributed by atoms with Crippen LogP contribution in [0.15, 0.2) is 78.9 Å². The van der Waals surface area contributed by atoms with Gasteiger partial charge in [0, 0.05) is 12.1 Å². The van der Waals surface area contributed by atoms with Crippen LogP contribution in [0.3, 0.4) is 0 Å². The van der Waals surface area contributed by atoms with Crippen molar-refractivity contribution in [1.29, 1.82) is 0 Å². The van der Waals surface area contributed by atoms with Crippen molar-refractivity contribution < 1.29 is 23.9 Å². The van der Waals surface area contributed by atoms with Gasteiger partial charge in [0.1, 0.15) is 18.4 Å². The van der Waals surface area contributed by atoms with Crippen LogP contribution in [-0.4, -0.2) is 29.9 Å². The number of hydrogen-bond acceptors (Lipinski definition) is 5. The number of carbonyl (C=O) groups is 3. The van der Waals surface area contributed by atoms with Gasteiger partial charge in [0.15, 0.2) is 0 Å². The van der Waals surface area contributed by atoms with Crippen molar-refractivity contribution in [2.24, 2.45) is 0 Å². The molecule has 0 spiro atoms. The summed E-state index contributed by atoms with van der Waals surface area (Å²) in [6.45, 7) is 7.32. The summed E-state index contributed by atoms with van der Waals surface area (Å²) in [5.41, 5.74) is 2.95. The smallest absolute Gasteiger partial charge is 0.409 e. The molecule has 3 aromatic rings. The molecule has 0 heterocycles. The summed E-state index contributed by atoms with van der Waals surface area (Å²) in [7, 11) is 0. The molecule has 0 aromatic heterocycles. The first-order valence-electron chi connectivity index (χ1n) is 12.0. The Bertz CT molecular complexity index is 1210. The zero-order chi connectivity index (χ0) is 26.8. The maximum absolute atomic E-state index is 13.3. The largest absolute Gasteiger partial charge is 0.445 e. The number of rotatable bonds is 8. The first-order valence-corrected chi connectivity index (χ1v) is 12.0. The summed E-state index contributed by atoms with van der Waals surface area (Å²) >= 11 is 0. The topological polar surface area (TPSA) is 106 Å². The van der Waals surface area contributed by atoms with Gasteiger partial charge in [0.25, 0.3) is 5.91 Å². The molecular formula is C29H33N3O5. The Balaban J connectivity index is 1.69. The summed E-state index contributed by atoms with van der Waals surface area (Å²) in [4.78, 5) is 37.5. The van der Waals surface area contributed by atoms with Crippen LogP contribution < -0.4 is 16.0 Å². The molecule has 0 radical (unpaired) electrons. The first kappa shape index (κ1) is 27.3. The summed E-state index contributed by atoms with van der Waals surface area (Å²) in [6, 6.07) is 24.2. The lowest BCUT2D eigenvalue weighted by atomic mass is 9.97. The van der Waals surface area contributed by atoms with Gasteiger partial charge < -0.3 is 25.4 Å². The maximum Gasteiger partial charge on any atom is 0.409 e. The Hall–Kier alpha value is -4.33. The van der Waals surface area contributed by atoms with E-state index < -0.39 is 24.0 Å². The van der Waals surface area contributed by atoms with Crippen LogP contribution in [0.2, 0.25) is 0 Å². The van der Waals surface area contributed by atoms with Crippen molar-refractivity contribution in [2.75, 3.05) is 0 Å². The third-order valence-corrected chi connectivity index (χ3v) is 5.14. The molecule has 0 saturated carbocycles. The number of benzene rings is 3. The number of carbonyl (C=O) groups excluding carboxylic acids is 3. The van der Waals surface area contributed by atoms with Gasteiger partial charge in [-0.3, -0.25) is 4.79 Å². The highest BCUT2D eigenvalue weighted by Gasteiger charge is 2.19. The van der Waals surface area contributed by atoms with Crippen molar-refractivity contribution in [1.82, 2.24) is 16.0 Å². The van der Waals surface area contributed by atoms with E-state index in [-0.39, 0.29) is 19.1 Å². The number of nitrogens with one attached hydrogen (secondary N) is 3. The van der Waals surface area contributed by atoms with Gasteiger partial charge in [-0.05, 0) is 56.0 Å². The molecule has 3 N–H and O–H groups in total. The predicted octanol–water partition coefficient (Wildman–Crippen LogP) is 5.38. The van der Waals surface area contributed by atoms with Gasteiger partial charge in [-0.1, -0.05) is 72.8 Å². The summed E-state index contributed by atoms with van der Waals surface area (Å²) in [5, 5.41) is 8.12. The number of hydrogen-bond donors (Lipinski definition) is 3. The maximum atomic E-state index is 13.3. The number of amides is 3. The molecule has 0 aliphatic carbocycles. The van der Waals surface area contributed by atoms with Gasteiger partial charge in [-0.15, -0.1) is 0 Å². The van der Waals surface area contributed by atoms with Crippen LogP contribution in [0.5, 0.6) is 0 Å². The second kappa shape index (κ2) is 12.6. The van der Waals surface area contributed by atoms with Gasteiger partial charge >= 0.3 is 12.2 Å². The lowest BCUT2D eigenvalue weighted by Crippen LogP contribution is -2.46. The summed E-state index contributed by atoms with van der Waals surface area (Å²) in [6.07, 6.45) is -1.88. The monoisotopic (exact) mass is 503 g/mol. The minimum Gasteiger partial charge on any atom is -0.445 e. The van der Waals surface area contributed by atoms with Crippen LogP contribution >= 0.6 is 0 Å². The molecule has 8 heteroatoms. The van der Waals surface area contributed by atoms with Crippen molar-refractivity contribution in [3.63, 3.8) is 0 Å². The van der Waals surface area contributed by atoms with Crippen molar-refractivity contribution in [3.05, 3.63) is 95.6 Å². The molecule has 37 heavy (non-hydrogen) atoms. The zero-order valence-electron chi connectivity index (χ0n) is 21.5. The summed E-state index contributed by atoms with van der Waals surface area (Å²) < 4.78 is 10.5. The highest BCUT2D eigenvalue weighted by Crippen LogP contribution is 2.25. The molecule has 8 nitrogen and oxygen atoms in total. The highest BCUT2D eigenvalue weighted by atomic mass is 16.6. The fourth-order valence-electron chi connectivity index (χ4n) is 3.50. The van der Waals surface area contributed by atoms with Crippen LogP contribution in [-0.2, 0) is 22.6 Å². The Morgan fingerprint density at radius 1 is 0.811 bits per heavy atom. The second-order valence-corrected chi connectivity index (χ2v) is 9.50. The first-order chi connectivity index (χ1) is 17.6. The second-order valence-electron chi connectivity index (χ2n) is 9.50. The molecule has 1 atom stereocenters. The average molecular weight is 504 g/mol. The lowest BCUT2D eigenvalue weighted by molar-refractivity contribution is 0.0523. The van der Waals surface area contributed by atoms with Crippen LogP contribution in [0.25, 0.3) is 11.1 Å². The van der Waals surface area contributed by atoms with E-state index in [1.165, 1.54) is 0 Å². The normalized spacial score (nSPS) is 11.7. The molecule has 0 fully saturated rings. The molecule has 3 rings (SSSR count). The molecule has 3 aromatic carbocycles. The Kier molecular flexibility index (Phi) is 9.27. The van der Waals surface area contributed by atoms with Gasteiger partial charge in [0.05, 0.1) is 0 Å². The summed E-state index contributed by atoms with van der Waals surface area (Å²) in [5.74, 6) is -0.381. The zero-order valence-corrected chi connectivity index (χ0v) is 21.5. The van der Waals surface area contributed by atoms with E-state index in [9.17, 15) is 14.4 Å². The molecule has 194 valence electrons. The Morgan fingerprint density at radius 2 is 1.46 bits per heavy atom.